The van der Waals surface area contributed by atoms with Crippen LogP contribution in [0.25, 0.3) is 0 Å². The Hall–Kier alpha value is -1.05. The minimum absolute atomic E-state index is 0.389. The van der Waals surface area contributed by atoms with E-state index in [-0.39, 0.29) is 5.41 Å². The maximum absolute atomic E-state index is 9.68. The van der Waals surface area contributed by atoms with E-state index in [0.29, 0.717) is 18.8 Å². The molecule has 1 N–H and O–H groups in total. The molecule has 18 heavy (non-hydrogen) atoms. The van der Waals surface area contributed by atoms with Crippen LogP contribution in [-0.2, 0) is 0 Å². The van der Waals surface area contributed by atoms with Gasteiger partial charge in [-0.3, -0.25) is 0 Å². The summed E-state index contributed by atoms with van der Waals surface area (Å²) in [7, 11) is 0. The van der Waals surface area contributed by atoms with E-state index in [1.165, 1.54) is 0 Å². The fraction of sp³-hybridized carbons (Fsp3) is 0.500. The van der Waals surface area contributed by atoms with Gasteiger partial charge in [-0.1, -0.05) is 15.9 Å². The fourth-order valence-corrected chi connectivity index (χ4v) is 1.83. The molecular formula is C14H18BrNO2. The number of rotatable bonds is 5. The number of nitriles is 1. The molecule has 0 heterocycles. The molecule has 0 aromatic heterocycles. The number of aliphatic hydroxyl groups excluding tert-OH is 1. The van der Waals surface area contributed by atoms with Crippen molar-refractivity contribution in [3.8, 4) is 11.8 Å². The molecule has 0 aliphatic carbocycles. The summed E-state index contributed by atoms with van der Waals surface area (Å²) in [6.45, 7) is 5.93. The third kappa shape index (κ3) is 4.32. The van der Waals surface area contributed by atoms with Crippen molar-refractivity contribution >= 4 is 15.9 Å². The van der Waals surface area contributed by atoms with E-state index in [2.05, 4.69) is 22.0 Å². The summed E-state index contributed by atoms with van der Waals surface area (Å²) in [4.78, 5) is 0. The Balaban J connectivity index is 2.71. The van der Waals surface area contributed by atoms with Gasteiger partial charge in [0.2, 0.25) is 0 Å². The van der Waals surface area contributed by atoms with Crippen LogP contribution in [0.3, 0.4) is 0 Å². The standard InChI is InChI=1S/C14H18BrNO2/c1-10(17)12-8-11(15)4-5-13(12)18-7-6-14(2,3)9-16/h4-5,8,10,17H,6-7H2,1-3H3/t10-/m1/s1. The molecule has 1 atom stereocenters. The summed E-state index contributed by atoms with van der Waals surface area (Å²) < 4.78 is 6.56. The predicted molar refractivity (Wildman–Crippen MR) is 74.3 cm³/mol. The molecule has 0 fully saturated rings. The van der Waals surface area contributed by atoms with Crippen molar-refractivity contribution < 1.29 is 9.84 Å². The SMILES string of the molecule is C[C@@H](O)c1cc(Br)ccc1OCCC(C)(C)C#N. The zero-order valence-corrected chi connectivity index (χ0v) is 12.5. The first-order valence-electron chi connectivity index (χ1n) is 5.87. The van der Waals surface area contributed by atoms with Crippen LogP contribution in [0.5, 0.6) is 5.75 Å². The first-order chi connectivity index (χ1) is 8.35. The minimum Gasteiger partial charge on any atom is -0.493 e. The van der Waals surface area contributed by atoms with Crippen LogP contribution >= 0.6 is 15.9 Å². The highest BCUT2D eigenvalue weighted by Gasteiger charge is 2.17. The van der Waals surface area contributed by atoms with E-state index in [1.54, 1.807) is 6.92 Å². The highest BCUT2D eigenvalue weighted by atomic mass is 79.9. The lowest BCUT2D eigenvalue weighted by Crippen LogP contribution is -2.13. The van der Waals surface area contributed by atoms with Crippen LogP contribution in [0.2, 0.25) is 0 Å². The highest BCUT2D eigenvalue weighted by Crippen LogP contribution is 2.29. The van der Waals surface area contributed by atoms with Crippen LogP contribution in [0.1, 0.15) is 38.9 Å². The highest BCUT2D eigenvalue weighted by molar-refractivity contribution is 9.10. The number of hydrogen-bond acceptors (Lipinski definition) is 3. The molecule has 1 aromatic carbocycles. The molecule has 0 saturated carbocycles. The molecule has 0 radical (unpaired) electrons. The molecule has 0 saturated heterocycles. The van der Waals surface area contributed by atoms with E-state index >= 15 is 0 Å². The predicted octanol–water partition coefficient (Wildman–Crippen LogP) is 3.82. The molecule has 0 spiro atoms. The van der Waals surface area contributed by atoms with Gasteiger partial charge in [0.15, 0.2) is 0 Å². The first-order valence-corrected chi connectivity index (χ1v) is 6.66. The van der Waals surface area contributed by atoms with Crippen molar-refractivity contribution in [1.82, 2.24) is 0 Å². The van der Waals surface area contributed by atoms with E-state index < -0.39 is 6.10 Å². The van der Waals surface area contributed by atoms with Gasteiger partial charge in [0.25, 0.3) is 0 Å². The van der Waals surface area contributed by atoms with Crippen LogP contribution in [0.15, 0.2) is 22.7 Å². The van der Waals surface area contributed by atoms with Gasteiger partial charge in [-0.15, -0.1) is 0 Å². The van der Waals surface area contributed by atoms with Gasteiger partial charge in [-0.05, 0) is 45.4 Å². The van der Waals surface area contributed by atoms with E-state index in [0.717, 1.165) is 10.0 Å². The Morgan fingerprint density at radius 2 is 2.17 bits per heavy atom. The zero-order chi connectivity index (χ0) is 13.8. The fourth-order valence-electron chi connectivity index (χ4n) is 1.45. The molecule has 0 aliphatic heterocycles. The second-order valence-corrected chi connectivity index (χ2v) is 5.87. The lowest BCUT2D eigenvalue weighted by atomic mass is 9.92. The second kappa shape index (κ2) is 6.21. The summed E-state index contributed by atoms with van der Waals surface area (Å²) in [5.41, 5.74) is 0.361. The number of hydrogen-bond donors (Lipinski definition) is 1. The average Bonchev–Trinajstić information content (AvgIpc) is 2.30. The monoisotopic (exact) mass is 311 g/mol. The molecule has 0 unspecified atom stereocenters. The van der Waals surface area contributed by atoms with E-state index in [4.69, 9.17) is 10.00 Å². The van der Waals surface area contributed by atoms with Gasteiger partial charge in [0.1, 0.15) is 5.75 Å². The second-order valence-electron chi connectivity index (χ2n) is 4.95. The van der Waals surface area contributed by atoms with Gasteiger partial charge >= 0.3 is 0 Å². The minimum atomic E-state index is -0.582. The van der Waals surface area contributed by atoms with Crippen LogP contribution in [0, 0.1) is 16.7 Å². The Kier molecular flexibility index (Phi) is 5.18. The van der Waals surface area contributed by atoms with Crippen molar-refractivity contribution in [2.24, 2.45) is 5.41 Å². The van der Waals surface area contributed by atoms with Crippen molar-refractivity contribution in [2.75, 3.05) is 6.61 Å². The molecule has 4 heteroatoms. The summed E-state index contributed by atoms with van der Waals surface area (Å²) in [6, 6.07) is 7.78. The van der Waals surface area contributed by atoms with Gasteiger partial charge < -0.3 is 9.84 Å². The Morgan fingerprint density at radius 3 is 2.72 bits per heavy atom. The Labute approximate surface area is 117 Å². The van der Waals surface area contributed by atoms with Crippen molar-refractivity contribution in [3.05, 3.63) is 28.2 Å². The number of aliphatic hydroxyl groups is 1. The lowest BCUT2D eigenvalue weighted by Gasteiger charge is -2.17. The smallest absolute Gasteiger partial charge is 0.125 e. The summed E-state index contributed by atoms with van der Waals surface area (Å²) in [5, 5.41) is 18.6. The topological polar surface area (TPSA) is 53.2 Å². The Morgan fingerprint density at radius 1 is 1.50 bits per heavy atom. The molecule has 1 rings (SSSR count). The van der Waals surface area contributed by atoms with Crippen LogP contribution in [0.4, 0.5) is 0 Å². The number of halogens is 1. The number of benzene rings is 1. The third-order valence-corrected chi connectivity index (χ3v) is 3.20. The number of ether oxygens (including phenoxy) is 1. The normalized spacial score (nSPS) is 12.9. The summed E-state index contributed by atoms with van der Waals surface area (Å²) in [6.07, 6.45) is 0.0696. The molecule has 3 nitrogen and oxygen atoms in total. The molecular weight excluding hydrogens is 294 g/mol. The van der Waals surface area contributed by atoms with Gasteiger partial charge in [-0.2, -0.15) is 5.26 Å². The molecule has 0 bridgehead atoms. The molecule has 0 aliphatic rings. The van der Waals surface area contributed by atoms with Gasteiger partial charge in [-0.25, -0.2) is 0 Å². The van der Waals surface area contributed by atoms with Crippen molar-refractivity contribution in [1.29, 1.82) is 5.26 Å². The first kappa shape index (κ1) is 15.0. The summed E-state index contributed by atoms with van der Waals surface area (Å²) >= 11 is 3.37. The number of nitrogens with zero attached hydrogens (tertiary/aromatic N) is 1. The molecule has 98 valence electrons. The molecule has 0 amide bonds. The largest absolute Gasteiger partial charge is 0.493 e. The zero-order valence-electron chi connectivity index (χ0n) is 10.9. The average molecular weight is 312 g/mol. The maximum atomic E-state index is 9.68. The lowest BCUT2D eigenvalue weighted by molar-refractivity contribution is 0.188. The molecule has 1 aromatic rings. The van der Waals surface area contributed by atoms with Crippen LogP contribution in [-0.4, -0.2) is 11.7 Å². The Bertz CT molecular complexity index is 450. The maximum Gasteiger partial charge on any atom is 0.125 e. The van der Waals surface area contributed by atoms with Crippen molar-refractivity contribution in [2.45, 2.75) is 33.3 Å². The summed E-state index contributed by atoms with van der Waals surface area (Å²) in [5.74, 6) is 0.668. The quantitative estimate of drug-likeness (QED) is 0.899. The van der Waals surface area contributed by atoms with Gasteiger partial charge in [0, 0.05) is 10.0 Å². The van der Waals surface area contributed by atoms with E-state index in [9.17, 15) is 5.11 Å². The van der Waals surface area contributed by atoms with Crippen LogP contribution < -0.4 is 4.74 Å². The van der Waals surface area contributed by atoms with Crippen molar-refractivity contribution in [3.63, 3.8) is 0 Å². The van der Waals surface area contributed by atoms with E-state index in [1.807, 2.05) is 32.0 Å². The van der Waals surface area contributed by atoms with Gasteiger partial charge in [0.05, 0.1) is 24.2 Å². The third-order valence-electron chi connectivity index (χ3n) is 2.71.